The molecule has 1 saturated heterocycles. The van der Waals surface area contributed by atoms with Crippen LogP contribution in [0.3, 0.4) is 0 Å². The van der Waals surface area contributed by atoms with Crippen LogP contribution in [0.1, 0.15) is 33.6 Å². The zero-order chi connectivity index (χ0) is 13.2. The average Bonchev–Trinajstić information content (AvgIpc) is 2.64. The van der Waals surface area contributed by atoms with Crippen molar-refractivity contribution in [3.05, 3.63) is 0 Å². The largest absolute Gasteiger partial charge is 0.479 e. The highest BCUT2D eigenvalue weighted by atomic mass is 32.2. The molecule has 1 aliphatic heterocycles. The first-order chi connectivity index (χ1) is 7.74. The molecule has 5 nitrogen and oxygen atoms in total. The minimum atomic E-state index is -3.21. The monoisotopic (exact) mass is 264 g/mol. The maximum absolute atomic E-state index is 12.0. The maximum Gasteiger partial charge on any atom is 0.332 e. The molecule has 0 aromatic carbocycles. The van der Waals surface area contributed by atoms with Gasteiger partial charge < -0.3 is 9.84 Å². The van der Waals surface area contributed by atoms with Crippen molar-refractivity contribution in [2.24, 2.45) is 5.92 Å². The van der Waals surface area contributed by atoms with Gasteiger partial charge in [-0.3, -0.25) is 0 Å². The molecule has 0 saturated carbocycles. The van der Waals surface area contributed by atoms with Crippen LogP contribution in [-0.2, 0) is 19.4 Å². The summed E-state index contributed by atoms with van der Waals surface area (Å²) in [6.45, 7) is 5.40. The van der Waals surface area contributed by atoms with E-state index in [9.17, 15) is 13.2 Å². The third-order valence-electron chi connectivity index (χ3n) is 3.31. The van der Waals surface area contributed by atoms with E-state index in [4.69, 9.17) is 9.84 Å². The number of carboxylic acid groups (broad SMARTS) is 1. The molecule has 0 aromatic rings. The summed E-state index contributed by atoms with van der Waals surface area (Å²) in [5, 5.41) is 8.33. The Kier molecular flexibility index (Phi) is 4.55. The van der Waals surface area contributed by atoms with Gasteiger partial charge in [-0.25, -0.2) is 13.2 Å². The Bertz CT molecular complexity index is 373. The topological polar surface area (TPSA) is 80.7 Å². The average molecular weight is 264 g/mol. The number of ether oxygens (including phenoxy) is 1. The molecule has 0 spiro atoms. The van der Waals surface area contributed by atoms with E-state index in [1.165, 1.54) is 0 Å². The van der Waals surface area contributed by atoms with Crippen LogP contribution in [0.4, 0.5) is 0 Å². The lowest BCUT2D eigenvalue weighted by Crippen LogP contribution is -2.32. The van der Waals surface area contributed by atoms with E-state index in [2.05, 4.69) is 0 Å². The number of carboxylic acids is 1. The predicted octanol–water partition coefficient (Wildman–Crippen LogP) is 1.08. The van der Waals surface area contributed by atoms with Gasteiger partial charge in [0.25, 0.3) is 0 Å². The maximum atomic E-state index is 12.0. The molecule has 0 bridgehead atoms. The summed E-state index contributed by atoms with van der Waals surface area (Å²) in [5.41, 5.74) is 0. The van der Waals surface area contributed by atoms with Gasteiger partial charge in [0, 0.05) is 0 Å². The third-order valence-corrected chi connectivity index (χ3v) is 5.82. The summed E-state index contributed by atoms with van der Waals surface area (Å²) in [6.07, 6.45) is -0.418. The lowest BCUT2D eigenvalue weighted by Gasteiger charge is -2.19. The molecule has 1 heterocycles. The van der Waals surface area contributed by atoms with Crippen LogP contribution >= 0.6 is 0 Å². The molecule has 6 heteroatoms. The molecule has 1 rings (SSSR count). The van der Waals surface area contributed by atoms with Gasteiger partial charge in [-0.1, -0.05) is 13.8 Å². The van der Waals surface area contributed by atoms with Crippen LogP contribution in [0.15, 0.2) is 0 Å². The van der Waals surface area contributed by atoms with Crippen molar-refractivity contribution in [2.75, 3.05) is 5.75 Å². The van der Waals surface area contributed by atoms with E-state index >= 15 is 0 Å². The summed E-state index contributed by atoms with van der Waals surface area (Å²) >= 11 is 0. The van der Waals surface area contributed by atoms with E-state index in [1.807, 2.05) is 13.8 Å². The van der Waals surface area contributed by atoms with E-state index < -0.39 is 33.3 Å². The number of hydrogen-bond donors (Lipinski definition) is 1. The Morgan fingerprint density at radius 3 is 2.35 bits per heavy atom. The zero-order valence-electron chi connectivity index (χ0n) is 10.4. The highest BCUT2D eigenvalue weighted by Gasteiger charge is 2.35. The minimum absolute atomic E-state index is 0.0525. The molecule has 1 N–H and O–H groups in total. The van der Waals surface area contributed by atoms with Crippen molar-refractivity contribution < 1.29 is 23.1 Å². The molecule has 0 radical (unpaired) electrons. The molecule has 17 heavy (non-hydrogen) atoms. The summed E-state index contributed by atoms with van der Waals surface area (Å²) < 4.78 is 29.2. The van der Waals surface area contributed by atoms with Crippen LogP contribution in [-0.4, -0.2) is 42.7 Å². The molecule has 1 fully saturated rings. The fourth-order valence-corrected chi connectivity index (χ4v) is 3.73. The molecule has 3 atom stereocenters. The third kappa shape index (κ3) is 3.67. The van der Waals surface area contributed by atoms with Crippen molar-refractivity contribution in [2.45, 2.75) is 51.1 Å². The van der Waals surface area contributed by atoms with E-state index in [1.54, 1.807) is 6.92 Å². The molecule has 1 aliphatic rings. The van der Waals surface area contributed by atoms with E-state index in [-0.39, 0.29) is 11.7 Å². The van der Waals surface area contributed by atoms with Gasteiger partial charge in [0.2, 0.25) is 0 Å². The first-order valence-corrected chi connectivity index (χ1v) is 7.55. The van der Waals surface area contributed by atoms with Gasteiger partial charge in [0.05, 0.1) is 17.1 Å². The van der Waals surface area contributed by atoms with Crippen LogP contribution in [0.2, 0.25) is 0 Å². The quantitative estimate of drug-likeness (QED) is 0.803. The van der Waals surface area contributed by atoms with Gasteiger partial charge in [-0.2, -0.15) is 0 Å². The van der Waals surface area contributed by atoms with Crippen LogP contribution < -0.4 is 0 Å². The van der Waals surface area contributed by atoms with Crippen molar-refractivity contribution in [3.63, 3.8) is 0 Å². The zero-order valence-corrected chi connectivity index (χ0v) is 11.2. The lowest BCUT2D eigenvalue weighted by atomic mass is 10.2. The number of rotatable bonds is 5. The van der Waals surface area contributed by atoms with Crippen molar-refractivity contribution >= 4 is 15.8 Å². The van der Waals surface area contributed by atoms with Gasteiger partial charge in [-0.15, -0.1) is 0 Å². The highest BCUT2D eigenvalue weighted by Crippen LogP contribution is 2.23. The van der Waals surface area contributed by atoms with Gasteiger partial charge in [0.15, 0.2) is 15.9 Å². The minimum Gasteiger partial charge on any atom is -0.479 e. The molecule has 100 valence electrons. The fourth-order valence-electron chi connectivity index (χ4n) is 1.84. The van der Waals surface area contributed by atoms with E-state index in [0.29, 0.717) is 12.8 Å². The van der Waals surface area contributed by atoms with Gasteiger partial charge in [-0.05, 0) is 25.7 Å². The van der Waals surface area contributed by atoms with Crippen molar-refractivity contribution in [1.29, 1.82) is 0 Å². The van der Waals surface area contributed by atoms with Crippen LogP contribution in [0.25, 0.3) is 0 Å². The summed E-state index contributed by atoms with van der Waals surface area (Å²) in [4.78, 5) is 10.7. The lowest BCUT2D eigenvalue weighted by molar-refractivity contribution is -0.148. The second-order valence-corrected chi connectivity index (χ2v) is 7.34. The first kappa shape index (κ1) is 14.4. The highest BCUT2D eigenvalue weighted by molar-refractivity contribution is 7.92. The normalized spacial score (nSPS) is 27.3. The smallest absolute Gasteiger partial charge is 0.332 e. The Morgan fingerprint density at radius 1 is 1.35 bits per heavy atom. The molecule has 0 aromatic heterocycles. The Hall–Kier alpha value is -0.620. The molecular weight excluding hydrogens is 244 g/mol. The number of hydrogen-bond acceptors (Lipinski definition) is 4. The van der Waals surface area contributed by atoms with E-state index in [0.717, 1.165) is 0 Å². The Morgan fingerprint density at radius 2 is 1.94 bits per heavy atom. The first-order valence-electron chi connectivity index (χ1n) is 5.84. The van der Waals surface area contributed by atoms with Gasteiger partial charge >= 0.3 is 5.97 Å². The molecular formula is C11H20O5S. The second kappa shape index (κ2) is 5.35. The molecule has 0 aliphatic carbocycles. The standard InChI is InChI=1S/C11H20O5S/c1-7(2)8(3)17(14,15)6-9-4-5-10(16-9)11(12)13/h7-10H,4-6H2,1-3H3,(H,12,13). The number of sulfone groups is 1. The molecule has 3 unspecified atom stereocenters. The number of carbonyl (C=O) groups is 1. The van der Waals surface area contributed by atoms with Crippen molar-refractivity contribution in [1.82, 2.24) is 0 Å². The molecule has 0 amide bonds. The van der Waals surface area contributed by atoms with Crippen LogP contribution in [0, 0.1) is 5.92 Å². The summed E-state index contributed by atoms with van der Waals surface area (Å²) in [5.74, 6) is -1.03. The summed E-state index contributed by atoms with van der Waals surface area (Å²) in [6, 6.07) is 0. The predicted molar refractivity (Wildman–Crippen MR) is 63.6 cm³/mol. The Labute approximate surface area is 102 Å². The SMILES string of the molecule is CC(C)C(C)S(=O)(=O)CC1CCC(C(=O)O)O1. The van der Waals surface area contributed by atoms with Crippen molar-refractivity contribution in [3.8, 4) is 0 Å². The second-order valence-electron chi connectivity index (χ2n) is 4.94. The van der Waals surface area contributed by atoms with Crippen LogP contribution in [0.5, 0.6) is 0 Å². The Balaban J connectivity index is 2.59. The number of aliphatic carboxylic acids is 1. The summed E-state index contributed by atoms with van der Waals surface area (Å²) in [7, 11) is -3.21. The fraction of sp³-hybridized carbons (Fsp3) is 0.909. The van der Waals surface area contributed by atoms with Gasteiger partial charge in [0.1, 0.15) is 0 Å².